The fourth-order valence-electron chi connectivity index (χ4n) is 3.46. The maximum absolute atomic E-state index is 11.3. The topological polar surface area (TPSA) is 26.3 Å². The Morgan fingerprint density at radius 2 is 2.00 bits per heavy atom. The summed E-state index contributed by atoms with van der Waals surface area (Å²) in [6.45, 7) is 5.55. The van der Waals surface area contributed by atoms with Gasteiger partial charge in [0.2, 0.25) is 0 Å². The first-order chi connectivity index (χ1) is 7.63. The van der Waals surface area contributed by atoms with E-state index in [1.807, 2.05) is 0 Å². The molecule has 0 bridgehead atoms. The molecule has 2 aliphatic carbocycles. The number of fused-ring (bicyclic) bond motifs is 1. The van der Waals surface area contributed by atoms with Crippen LogP contribution in [0.3, 0.4) is 0 Å². The van der Waals surface area contributed by atoms with Gasteiger partial charge >= 0.3 is 5.97 Å². The van der Waals surface area contributed by atoms with E-state index >= 15 is 0 Å². The third-order valence-electron chi connectivity index (χ3n) is 4.32. The van der Waals surface area contributed by atoms with Gasteiger partial charge in [0.15, 0.2) is 0 Å². The predicted molar refractivity (Wildman–Crippen MR) is 64.0 cm³/mol. The van der Waals surface area contributed by atoms with E-state index in [0.29, 0.717) is 0 Å². The van der Waals surface area contributed by atoms with Gasteiger partial charge in [-0.15, -0.1) is 0 Å². The van der Waals surface area contributed by atoms with Gasteiger partial charge in [0.05, 0.1) is 0 Å². The number of hydrogen-bond donors (Lipinski definition) is 0. The van der Waals surface area contributed by atoms with Crippen LogP contribution in [0.15, 0.2) is 12.7 Å². The lowest BCUT2D eigenvalue weighted by atomic mass is 9.66. The lowest BCUT2D eigenvalue weighted by molar-refractivity contribution is -0.158. The quantitative estimate of drug-likeness (QED) is 0.528. The second-order valence-electron chi connectivity index (χ2n) is 5.62. The molecule has 2 fully saturated rings. The molecule has 0 radical (unpaired) electrons. The highest BCUT2D eigenvalue weighted by molar-refractivity contribution is 5.81. The van der Waals surface area contributed by atoms with Crippen molar-refractivity contribution in [2.45, 2.75) is 57.5 Å². The Kier molecular flexibility index (Phi) is 3.36. The van der Waals surface area contributed by atoms with Gasteiger partial charge in [-0.2, -0.15) is 0 Å². The SMILES string of the molecule is C=CC(=O)OC1(C)CCC2CCCCC2C1. The molecule has 2 rings (SSSR count). The Labute approximate surface area is 98.1 Å². The summed E-state index contributed by atoms with van der Waals surface area (Å²) in [5.74, 6) is 1.41. The molecular weight excluding hydrogens is 200 g/mol. The molecular formula is C14H22O2. The summed E-state index contributed by atoms with van der Waals surface area (Å²) in [6, 6.07) is 0. The molecule has 0 aromatic heterocycles. The van der Waals surface area contributed by atoms with Crippen LogP contribution in [0.4, 0.5) is 0 Å². The summed E-state index contributed by atoms with van der Waals surface area (Å²) in [5.41, 5.74) is -0.232. The summed E-state index contributed by atoms with van der Waals surface area (Å²) in [4.78, 5) is 11.3. The molecule has 0 aromatic rings. The van der Waals surface area contributed by atoms with Crippen LogP contribution in [-0.4, -0.2) is 11.6 Å². The van der Waals surface area contributed by atoms with Crippen LogP contribution < -0.4 is 0 Å². The summed E-state index contributed by atoms with van der Waals surface area (Å²) >= 11 is 0. The molecule has 0 spiro atoms. The molecule has 2 saturated carbocycles. The van der Waals surface area contributed by atoms with Crippen molar-refractivity contribution < 1.29 is 9.53 Å². The third kappa shape index (κ3) is 2.47. The summed E-state index contributed by atoms with van der Waals surface area (Å²) in [6.07, 6.45) is 10.0. The Bertz CT molecular complexity index is 284. The largest absolute Gasteiger partial charge is 0.456 e. The van der Waals surface area contributed by atoms with Gasteiger partial charge in [0.1, 0.15) is 5.60 Å². The van der Waals surface area contributed by atoms with E-state index in [0.717, 1.165) is 24.7 Å². The maximum Gasteiger partial charge on any atom is 0.330 e. The molecule has 2 nitrogen and oxygen atoms in total. The molecule has 16 heavy (non-hydrogen) atoms. The Morgan fingerprint density at radius 1 is 1.31 bits per heavy atom. The molecule has 0 amide bonds. The summed E-state index contributed by atoms with van der Waals surface area (Å²) in [5, 5.41) is 0. The molecule has 3 unspecified atom stereocenters. The molecule has 90 valence electrons. The van der Waals surface area contributed by atoms with Gasteiger partial charge < -0.3 is 4.74 Å². The summed E-state index contributed by atoms with van der Waals surface area (Å²) in [7, 11) is 0. The van der Waals surface area contributed by atoms with Crippen molar-refractivity contribution in [2.24, 2.45) is 11.8 Å². The van der Waals surface area contributed by atoms with Crippen LogP contribution in [0.25, 0.3) is 0 Å². The molecule has 3 atom stereocenters. The number of ether oxygens (including phenoxy) is 1. The Balaban J connectivity index is 1.97. The van der Waals surface area contributed by atoms with E-state index in [2.05, 4.69) is 13.5 Å². The minimum atomic E-state index is -0.267. The van der Waals surface area contributed by atoms with Gasteiger partial charge in [-0.3, -0.25) is 0 Å². The molecule has 2 heteroatoms. The van der Waals surface area contributed by atoms with Gasteiger partial charge in [0.25, 0.3) is 0 Å². The van der Waals surface area contributed by atoms with Crippen LogP contribution in [0.2, 0.25) is 0 Å². The first-order valence-electron chi connectivity index (χ1n) is 6.48. The van der Waals surface area contributed by atoms with Gasteiger partial charge in [-0.1, -0.05) is 32.3 Å². The highest BCUT2D eigenvalue weighted by Gasteiger charge is 2.40. The van der Waals surface area contributed by atoms with Crippen molar-refractivity contribution in [2.75, 3.05) is 0 Å². The van der Waals surface area contributed by atoms with Crippen molar-refractivity contribution in [1.82, 2.24) is 0 Å². The van der Waals surface area contributed by atoms with Gasteiger partial charge in [-0.05, 0) is 38.0 Å². The monoisotopic (exact) mass is 222 g/mol. The second kappa shape index (κ2) is 4.60. The van der Waals surface area contributed by atoms with Crippen molar-refractivity contribution in [3.8, 4) is 0 Å². The number of hydrogen-bond acceptors (Lipinski definition) is 2. The first-order valence-corrected chi connectivity index (χ1v) is 6.48. The van der Waals surface area contributed by atoms with Crippen LogP contribution in [0.1, 0.15) is 51.9 Å². The van der Waals surface area contributed by atoms with E-state index in [1.165, 1.54) is 38.2 Å². The van der Waals surface area contributed by atoms with E-state index in [1.54, 1.807) is 0 Å². The zero-order valence-electron chi connectivity index (χ0n) is 10.2. The lowest BCUT2D eigenvalue weighted by Crippen LogP contribution is -2.41. The van der Waals surface area contributed by atoms with Crippen LogP contribution in [-0.2, 0) is 9.53 Å². The second-order valence-corrected chi connectivity index (χ2v) is 5.62. The highest BCUT2D eigenvalue weighted by Crippen LogP contribution is 2.45. The minimum absolute atomic E-state index is 0.232. The van der Waals surface area contributed by atoms with Crippen LogP contribution in [0.5, 0.6) is 0 Å². The number of carbonyl (C=O) groups is 1. The number of rotatable bonds is 2. The molecule has 0 aromatic carbocycles. The van der Waals surface area contributed by atoms with Crippen molar-refractivity contribution >= 4 is 5.97 Å². The predicted octanol–water partition coefficient (Wildman–Crippen LogP) is 3.46. The Morgan fingerprint density at radius 3 is 2.69 bits per heavy atom. The fraction of sp³-hybridized carbons (Fsp3) is 0.786. The van der Waals surface area contributed by atoms with Crippen molar-refractivity contribution in [3.63, 3.8) is 0 Å². The Hall–Kier alpha value is -0.790. The van der Waals surface area contributed by atoms with E-state index in [-0.39, 0.29) is 11.6 Å². The maximum atomic E-state index is 11.3. The number of esters is 1. The van der Waals surface area contributed by atoms with E-state index in [9.17, 15) is 4.79 Å². The smallest absolute Gasteiger partial charge is 0.330 e. The van der Waals surface area contributed by atoms with E-state index < -0.39 is 0 Å². The zero-order valence-corrected chi connectivity index (χ0v) is 10.2. The fourth-order valence-corrected chi connectivity index (χ4v) is 3.46. The molecule has 0 N–H and O–H groups in total. The average molecular weight is 222 g/mol. The van der Waals surface area contributed by atoms with Crippen molar-refractivity contribution in [1.29, 1.82) is 0 Å². The van der Waals surface area contributed by atoms with Crippen LogP contribution >= 0.6 is 0 Å². The van der Waals surface area contributed by atoms with Crippen molar-refractivity contribution in [3.05, 3.63) is 12.7 Å². The van der Waals surface area contributed by atoms with Gasteiger partial charge in [0, 0.05) is 6.08 Å². The van der Waals surface area contributed by atoms with Gasteiger partial charge in [-0.25, -0.2) is 4.79 Å². The highest BCUT2D eigenvalue weighted by atomic mass is 16.6. The average Bonchev–Trinajstić information content (AvgIpc) is 2.28. The molecule has 0 saturated heterocycles. The molecule has 0 aliphatic heterocycles. The van der Waals surface area contributed by atoms with Crippen LogP contribution in [0, 0.1) is 11.8 Å². The molecule has 0 heterocycles. The lowest BCUT2D eigenvalue weighted by Gasteiger charge is -2.44. The normalized spacial score (nSPS) is 38.6. The van der Waals surface area contributed by atoms with E-state index in [4.69, 9.17) is 4.74 Å². The summed E-state index contributed by atoms with van der Waals surface area (Å²) < 4.78 is 5.52. The standard InChI is InChI=1S/C14H22O2/c1-3-13(15)16-14(2)9-8-11-6-4-5-7-12(11)10-14/h3,11-12H,1,4-10H2,2H3. The zero-order chi connectivity index (χ0) is 11.6. The number of carbonyl (C=O) groups excluding carboxylic acids is 1. The molecule has 2 aliphatic rings. The first kappa shape index (κ1) is 11.7. The minimum Gasteiger partial charge on any atom is -0.456 e. The third-order valence-corrected chi connectivity index (χ3v) is 4.32.